The molecule has 0 unspecified atom stereocenters. The first-order valence-corrected chi connectivity index (χ1v) is 4.36. The van der Waals surface area contributed by atoms with Crippen molar-refractivity contribution in [3.63, 3.8) is 0 Å². The van der Waals surface area contributed by atoms with Gasteiger partial charge in [0.25, 0.3) is 0 Å². The van der Waals surface area contributed by atoms with Gasteiger partial charge in [0.2, 0.25) is 0 Å². The van der Waals surface area contributed by atoms with Gasteiger partial charge in [-0.15, -0.1) is 0 Å². The first kappa shape index (κ1) is 8.23. The van der Waals surface area contributed by atoms with E-state index in [0.29, 0.717) is 0 Å². The average Bonchev–Trinajstić information content (AvgIpc) is 2.45. The van der Waals surface area contributed by atoms with Crippen molar-refractivity contribution in [1.29, 1.82) is 0 Å². The van der Waals surface area contributed by atoms with Crippen LogP contribution < -0.4 is 0 Å². The van der Waals surface area contributed by atoms with Crippen LogP contribution in [0.15, 0.2) is 24.8 Å². The Labute approximate surface area is 77.4 Å². The molecule has 0 aliphatic rings. The summed E-state index contributed by atoms with van der Waals surface area (Å²) < 4.78 is 2.08. The van der Waals surface area contributed by atoms with Crippen LogP contribution in [0, 0.1) is 0 Å². The molecule has 3 heteroatoms. The van der Waals surface area contributed by atoms with Gasteiger partial charge >= 0.3 is 0 Å². The maximum Gasteiger partial charge on any atom is 0.155 e. The van der Waals surface area contributed by atoms with Crippen LogP contribution in [-0.4, -0.2) is 14.4 Å². The molecule has 2 aromatic heterocycles. The van der Waals surface area contributed by atoms with Crippen molar-refractivity contribution in [2.45, 2.75) is 26.2 Å². The van der Waals surface area contributed by atoms with Crippen LogP contribution in [0.4, 0.5) is 0 Å². The van der Waals surface area contributed by atoms with E-state index in [4.69, 9.17) is 0 Å². The fourth-order valence-corrected chi connectivity index (χ4v) is 1.40. The maximum absolute atomic E-state index is 4.29. The van der Waals surface area contributed by atoms with Crippen LogP contribution in [0.5, 0.6) is 0 Å². The second kappa shape index (κ2) is 2.55. The predicted octanol–water partition coefficient (Wildman–Crippen LogP) is 2.03. The Morgan fingerprint density at radius 3 is 2.69 bits per heavy atom. The Balaban J connectivity index is 2.72. The molecule has 0 spiro atoms. The molecule has 0 radical (unpaired) electrons. The van der Waals surface area contributed by atoms with Gasteiger partial charge in [0.1, 0.15) is 0 Å². The molecule has 0 bridgehead atoms. The third-order valence-electron chi connectivity index (χ3n) is 2.09. The molecule has 0 atom stereocenters. The zero-order chi connectivity index (χ0) is 9.47. The molecule has 3 nitrogen and oxygen atoms in total. The third kappa shape index (κ3) is 1.30. The smallest absolute Gasteiger partial charge is 0.155 e. The normalized spacial score (nSPS) is 12.2. The predicted molar refractivity (Wildman–Crippen MR) is 51.7 cm³/mol. The van der Waals surface area contributed by atoms with E-state index in [2.05, 4.69) is 35.1 Å². The molecule has 2 heterocycles. The van der Waals surface area contributed by atoms with Gasteiger partial charge in [0.05, 0.1) is 6.20 Å². The van der Waals surface area contributed by atoms with Crippen molar-refractivity contribution in [2.24, 2.45) is 0 Å². The van der Waals surface area contributed by atoms with Crippen LogP contribution in [0.1, 0.15) is 26.5 Å². The van der Waals surface area contributed by atoms with Gasteiger partial charge in [-0.2, -0.15) is 0 Å². The summed E-state index contributed by atoms with van der Waals surface area (Å²) in [5, 5.41) is 0. The topological polar surface area (TPSA) is 30.2 Å². The minimum atomic E-state index is 0.126. The van der Waals surface area contributed by atoms with Crippen molar-refractivity contribution in [2.75, 3.05) is 0 Å². The molecule has 0 amide bonds. The molecule has 2 aromatic rings. The summed E-state index contributed by atoms with van der Waals surface area (Å²) in [7, 11) is 0. The highest BCUT2D eigenvalue weighted by atomic mass is 15.0. The zero-order valence-corrected chi connectivity index (χ0v) is 8.15. The van der Waals surface area contributed by atoms with E-state index in [0.717, 1.165) is 5.65 Å². The molecule has 2 rings (SSSR count). The van der Waals surface area contributed by atoms with Gasteiger partial charge in [-0.25, -0.2) is 4.98 Å². The lowest BCUT2D eigenvalue weighted by molar-refractivity contribution is 0.563. The molecule has 0 saturated carbocycles. The number of rotatable bonds is 0. The summed E-state index contributed by atoms with van der Waals surface area (Å²) in [6.07, 6.45) is 7.42. The second-order valence-electron chi connectivity index (χ2n) is 4.20. The molecule has 0 saturated heterocycles. The first-order valence-electron chi connectivity index (χ1n) is 4.36. The van der Waals surface area contributed by atoms with Crippen molar-refractivity contribution in [3.05, 3.63) is 30.5 Å². The van der Waals surface area contributed by atoms with E-state index in [9.17, 15) is 0 Å². The number of hydrogen-bond donors (Lipinski definition) is 0. The number of aromatic nitrogens is 3. The highest BCUT2D eigenvalue weighted by molar-refractivity contribution is 5.38. The first-order chi connectivity index (χ1) is 6.09. The minimum Gasteiger partial charge on any atom is -0.301 e. The second-order valence-corrected chi connectivity index (χ2v) is 4.20. The summed E-state index contributed by atoms with van der Waals surface area (Å²) >= 11 is 0. The van der Waals surface area contributed by atoms with E-state index in [1.165, 1.54) is 5.69 Å². The quantitative estimate of drug-likeness (QED) is 0.613. The van der Waals surface area contributed by atoms with Crippen molar-refractivity contribution in [1.82, 2.24) is 14.4 Å². The molecule has 0 fully saturated rings. The Morgan fingerprint density at radius 1 is 1.23 bits per heavy atom. The van der Waals surface area contributed by atoms with E-state index in [1.807, 2.05) is 12.4 Å². The van der Waals surface area contributed by atoms with E-state index in [-0.39, 0.29) is 5.41 Å². The van der Waals surface area contributed by atoms with Crippen molar-refractivity contribution in [3.8, 4) is 0 Å². The molecule has 0 N–H and O–H groups in total. The lowest BCUT2D eigenvalue weighted by Gasteiger charge is -2.17. The van der Waals surface area contributed by atoms with Gasteiger partial charge in [-0.3, -0.25) is 4.98 Å². The van der Waals surface area contributed by atoms with E-state index < -0.39 is 0 Å². The molecule has 0 aliphatic carbocycles. The SMILES string of the molecule is CC(C)(C)c1cnc2cnccn12. The minimum absolute atomic E-state index is 0.126. The Hall–Kier alpha value is -1.38. The van der Waals surface area contributed by atoms with Gasteiger partial charge in [0, 0.05) is 29.7 Å². The van der Waals surface area contributed by atoms with Gasteiger partial charge < -0.3 is 4.40 Å². The monoisotopic (exact) mass is 175 g/mol. The maximum atomic E-state index is 4.29. The standard InChI is InChI=1S/C10H13N3/c1-10(2,3)8-6-12-9-7-11-4-5-13(8)9/h4-7H,1-3H3. The van der Waals surface area contributed by atoms with Crippen molar-refractivity contribution >= 4 is 5.65 Å². The number of nitrogens with zero attached hydrogens (tertiary/aromatic N) is 3. The van der Waals surface area contributed by atoms with Gasteiger partial charge in [0.15, 0.2) is 5.65 Å². The molecular formula is C10H13N3. The molecule has 13 heavy (non-hydrogen) atoms. The van der Waals surface area contributed by atoms with E-state index >= 15 is 0 Å². The van der Waals surface area contributed by atoms with E-state index in [1.54, 1.807) is 12.4 Å². The summed E-state index contributed by atoms with van der Waals surface area (Å²) in [4.78, 5) is 8.31. The highest BCUT2D eigenvalue weighted by Gasteiger charge is 2.17. The van der Waals surface area contributed by atoms with Gasteiger partial charge in [-0.1, -0.05) is 20.8 Å². The van der Waals surface area contributed by atoms with Crippen LogP contribution >= 0.6 is 0 Å². The molecule has 0 aliphatic heterocycles. The lowest BCUT2D eigenvalue weighted by Crippen LogP contribution is -2.13. The van der Waals surface area contributed by atoms with Gasteiger partial charge in [-0.05, 0) is 0 Å². The molecular weight excluding hydrogens is 162 g/mol. The van der Waals surface area contributed by atoms with Crippen LogP contribution in [0.3, 0.4) is 0 Å². The zero-order valence-electron chi connectivity index (χ0n) is 8.15. The van der Waals surface area contributed by atoms with Crippen LogP contribution in [-0.2, 0) is 5.41 Å². The lowest BCUT2D eigenvalue weighted by atomic mass is 9.93. The summed E-state index contributed by atoms with van der Waals surface area (Å²) in [5.41, 5.74) is 2.25. The number of fused-ring (bicyclic) bond motifs is 1. The Morgan fingerprint density at radius 2 is 2.00 bits per heavy atom. The summed E-state index contributed by atoms with van der Waals surface area (Å²) in [5.74, 6) is 0. The number of imidazole rings is 1. The largest absolute Gasteiger partial charge is 0.301 e. The average molecular weight is 175 g/mol. The highest BCUT2D eigenvalue weighted by Crippen LogP contribution is 2.22. The fraction of sp³-hybridized carbons (Fsp3) is 0.400. The summed E-state index contributed by atoms with van der Waals surface area (Å²) in [6.45, 7) is 6.53. The third-order valence-corrected chi connectivity index (χ3v) is 2.09. The fourth-order valence-electron chi connectivity index (χ4n) is 1.40. The summed E-state index contributed by atoms with van der Waals surface area (Å²) in [6, 6.07) is 0. The molecule has 0 aromatic carbocycles. The Bertz CT molecular complexity index is 423. The number of hydrogen-bond acceptors (Lipinski definition) is 2. The van der Waals surface area contributed by atoms with Crippen LogP contribution in [0.25, 0.3) is 5.65 Å². The molecule has 68 valence electrons. The van der Waals surface area contributed by atoms with Crippen LogP contribution in [0.2, 0.25) is 0 Å². The van der Waals surface area contributed by atoms with Crippen molar-refractivity contribution < 1.29 is 0 Å². The Kier molecular flexibility index (Phi) is 1.62.